The van der Waals surface area contributed by atoms with Gasteiger partial charge < -0.3 is 20.1 Å². The average Bonchev–Trinajstić information content (AvgIpc) is 3.10. The van der Waals surface area contributed by atoms with Gasteiger partial charge in [0, 0.05) is 29.0 Å². The van der Waals surface area contributed by atoms with Gasteiger partial charge >= 0.3 is 0 Å². The Morgan fingerprint density at radius 1 is 1.30 bits per heavy atom. The molecule has 0 bridgehead atoms. The molecule has 2 aromatic carbocycles. The third-order valence-electron chi connectivity index (χ3n) is 4.26. The van der Waals surface area contributed by atoms with E-state index in [-0.39, 0.29) is 31.5 Å². The normalized spacial score (nSPS) is 12.8. The molecule has 0 amide bonds. The molecule has 1 aliphatic heterocycles. The van der Waals surface area contributed by atoms with Crippen LogP contribution in [0.5, 0.6) is 11.5 Å². The Kier molecular flexibility index (Phi) is 5.68. The minimum atomic E-state index is -0.459. The number of ether oxygens (including phenoxy) is 3. The van der Waals surface area contributed by atoms with Crippen LogP contribution in [-0.2, 0) is 23.7 Å². The van der Waals surface area contributed by atoms with E-state index in [4.69, 9.17) is 20.1 Å². The molecule has 4 rings (SSSR count). The van der Waals surface area contributed by atoms with Gasteiger partial charge in [-0.15, -0.1) is 10.2 Å². The lowest BCUT2D eigenvalue weighted by Crippen LogP contribution is -2.16. The molecule has 1 aromatic heterocycles. The van der Waals surface area contributed by atoms with Gasteiger partial charge in [-0.2, -0.15) is 0 Å². The maximum absolute atomic E-state index is 13.0. The summed E-state index contributed by atoms with van der Waals surface area (Å²) in [4.78, 5) is 10.8. The first-order valence-corrected chi connectivity index (χ1v) is 9.71. The van der Waals surface area contributed by atoms with E-state index < -0.39 is 4.92 Å². The number of nitro groups is 1. The highest BCUT2D eigenvalue weighted by atomic mass is 32.2. The standard InChI is InChI=1S/C18H16FN5O5S/c19-13-1-3-15(4-2-13)28-8-16-21-22-18(23(16)20)30-9-12-6-14(24(25)26)5-11-7-27-10-29-17(11)12/h1-6H,7-10,20H2. The number of rotatable bonds is 7. The topological polar surface area (TPSA) is 128 Å². The van der Waals surface area contributed by atoms with Crippen molar-refractivity contribution in [2.45, 2.75) is 24.1 Å². The summed E-state index contributed by atoms with van der Waals surface area (Å²) in [6.45, 7) is 0.370. The highest BCUT2D eigenvalue weighted by molar-refractivity contribution is 7.98. The van der Waals surface area contributed by atoms with Crippen molar-refractivity contribution in [2.24, 2.45) is 0 Å². The van der Waals surface area contributed by atoms with Crippen molar-refractivity contribution in [2.75, 3.05) is 12.6 Å². The van der Waals surface area contributed by atoms with E-state index in [1.165, 1.54) is 52.8 Å². The zero-order valence-electron chi connectivity index (χ0n) is 15.5. The number of thioether (sulfide) groups is 1. The van der Waals surface area contributed by atoms with Gasteiger partial charge in [0.25, 0.3) is 5.69 Å². The largest absolute Gasteiger partial charge is 0.486 e. The predicted octanol–water partition coefficient (Wildman–Crippen LogP) is 2.78. The third kappa shape index (κ3) is 4.28. The van der Waals surface area contributed by atoms with E-state index in [1.54, 1.807) is 0 Å². The van der Waals surface area contributed by atoms with Gasteiger partial charge in [0.2, 0.25) is 5.16 Å². The minimum absolute atomic E-state index is 0.0407. The highest BCUT2D eigenvalue weighted by Crippen LogP contribution is 2.35. The number of hydrogen-bond donors (Lipinski definition) is 1. The fraction of sp³-hybridized carbons (Fsp3) is 0.222. The Balaban J connectivity index is 1.46. The van der Waals surface area contributed by atoms with Crippen molar-refractivity contribution < 1.29 is 23.5 Å². The quantitative estimate of drug-likeness (QED) is 0.259. The fourth-order valence-corrected chi connectivity index (χ4v) is 3.66. The molecule has 2 heterocycles. The zero-order valence-corrected chi connectivity index (χ0v) is 16.3. The van der Waals surface area contributed by atoms with Crippen molar-refractivity contribution in [1.82, 2.24) is 14.9 Å². The molecule has 156 valence electrons. The van der Waals surface area contributed by atoms with Crippen LogP contribution in [-0.4, -0.2) is 26.6 Å². The Morgan fingerprint density at radius 2 is 2.10 bits per heavy atom. The second-order valence-corrected chi connectivity index (χ2v) is 7.20. The van der Waals surface area contributed by atoms with Crippen LogP contribution in [0.1, 0.15) is 17.0 Å². The number of nitrogens with zero attached hydrogens (tertiary/aromatic N) is 4. The van der Waals surface area contributed by atoms with Crippen LogP contribution in [0.2, 0.25) is 0 Å². The lowest BCUT2D eigenvalue weighted by molar-refractivity contribution is -0.385. The molecule has 0 aliphatic carbocycles. The van der Waals surface area contributed by atoms with E-state index in [2.05, 4.69) is 10.2 Å². The molecule has 0 saturated carbocycles. The number of nitro benzene ring substituents is 1. The first-order chi connectivity index (χ1) is 14.5. The highest BCUT2D eigenvalue weighted by Gasteiger charge is 2.22. The fourth-order valence-electron chi connectivity index (χ4n) is 2.82. The SMILES string of the molecule is Nn1c(COc2ccc(F)cc2)nnc1SCc1cc([N+](=O)[O-])cc2c1OCOC2. The molecule has 3 aromatic rings. The summed E-state index contributed by atoms with van der Waals surface area (Å²) in [5.41, 5.74) is 1.22. The summed E-state index contributed by atoms with van der Waals surface area (Å²) in [6.07, 6.45) is 0. The smallest absolute Gasteiger partial charge is 0.270 e. The maximum Gasteiger partial charge on any atom is 0.270 e. The molecule has 12 heteroatoms. The van der Waals surface area contributed by atoms with Crippen LogP contribution in [0.3, 0.4) is 0 Å². The third-order valence-corrected chi connectivity index (χ3v) is 5.25. The Hall–Kier alpha value is -3.38. The molecule has 0 spiro atoms. The van der Waals surface area contributed by atoms with Crippen LogP contribution in [0.15, 0.2) is 41.6 Å². The van der Waals surface area contributed by atoms with Crippen molar-refractivity contribution in [3.63, 3.8) is 0 Å². The molecular weight excluding hydrogens is 417 g/mol. The molecule has 2 N–H and O–H groups in total. The molecule has 0 fully saturated rings. The Morgan fingerprint density at radius 3 is 2.87 bits per heavy atom. The number of aromatic nitrogens is 3. The average molecular weight is 433 g/mol. The van der Waals surface area contributed by atoms with Crippen molar-refractivity contribution in [1.29, 1.82) is 0 Å². The first kappa shape index (κ1) is 19.9. The first-order valence-electron chi connectivity index (χ1n) is 8.72. The summed E-state index contributed by atoms with van der Waals surface area (Å²) in [6, 6.07) is 8.48. The van der Waals surface area contributed by atoms with E-state index >= 15 is 0 Å². The number of halogens is 1. The molecule has 0 unspecified atom stereocenters. The molecular formula is C18H16FN5O5S. The Bertz CT molecular complexity index is 1080. The van der Waals surface area contributed by atoms with Crippen molar-refractivity contribution in [3.05, 3.63) is 69.3 Å². The lowest BCUT2D eigenvalue weighted by Gasteiger charge is -2.20. The molecule has 0 atom stereocenters. The van der Waals surface area contributed by atoms with Crippen LogP contribution >= 0.6 is 11.8 Å². The molecule has 30 heavy (non-hydrogen) atoms. The van der Waals surface area contributed by atoms with Gasteiger partial charge in [0.05, 0.1) is 11.5 Å². The summed E-state index contributed by atoms with van der Waals surface area (Å²) < 4.78 is 30.5. The monoisotopic (exact) mass is 433 g/mol. The van der Waals surface area contributed by atoms with E-state index in [0.717, 1.165) is 0 Å². The molecule has 0 radical (unpaired) electrons. The molecule has 0 saturated heterocycles. The predicted molar refractivity (Wildman–Crippen MR) is 104 cm³/mol. The van der Waals surface area contributed by atoms with Gasteiger partial charge in [-0.3, -0.25) is 10.1 Å². The van der Waals surface area contributed by atoms with E-state index in [9.17, 15) is 14.5 Å². The van der Waals surface area contributed by atoms with E-state index in [1.807, 2.05) is 0 Å². The number of nitrogen functional groups attached to an aromatic ring is 1. The second kappa shape index (κ2) is 8.55. The van der Waals surface area contributed by atoms with Gasteiger partial charge in [-0.25, -0.2) is 9.07 Å². The van der Waals surface area contributed by atoms with Crippen molar-refractivity contribution >= 4 is 17.4 Å². The zero-order chi connectivity index (χ0) is 21.1. The number of fused-ring (bicyclic) bond motifs is 1. The number of hydrogen-bond acceptors (Lipinski definition) is 9. The summed E-state index contributed by atoms with van der Waals surface area (Å²) in [5, 5.41) is 19.7. The number of benzene rings is 2. The molecule has 10 nitrogen and oxygen atoms in total. The van der Waals surface area contributed by atoms with Gasteiger partial charge in [0.15, 0.2) is 12.6 Å². The van der Waals surface area contributed by atoms with Crippen molar-refractivity contribution in [3.8, 4) is 11.5 Å². The van der Waals surface area contributed by atoms with Crippen LogP contribution in [0.25, 0.3) is 0 Å². The minimum Gasteiger partial charge on any atom is -0.486 e. The van der Waals surface area contributed by atoms with Gasteiger partial charge in [-0.05, 0) is 24.3 Å². The van der Waals surface area contributed by atoms with Crippen LogP contribution < -0.4 is 15.3 Å². The lowest BCUT2D eigenvalue weighted by atomic mass is 10.1. The second-order valence-electron chi connectivity index (χ2n) is 6.26. The van der Waals surface area contributed by atoms with Crippen LogP contribution in [0.4, 0.5) is 10.1 Å². The summed E-state index contributed by atoms with van der Waals surface area (Å²) in [7, 11) is 0. The number of nitrogens with two attached hydrogens (primary N) is 1. The van der Waals surface area contributed by atoms with E-state index in [0.29, 0.717) is 39.4 Å². The maximum atomic E-state index is 13.0. The van der Waals surface area contributed by atoms with Gasteiger partial charge in [-0.1, -0.05) is 11.8 Å². The summed E-state index contributed by atoms with van der Waals surface area (Å²) in [5.74, 6) is 7.42. The van der Waals surface area contributed by atoms with Gasteiger partial charge in [0.1, 0.15) is 23.9 Å². The number of non-ortho nitro benzene ring substituents is 1. The molecule has 1 aliphatic rings. The van der Waals surface area contributed by atoms with Crippen LogP contribution in [0, 0.1) is 15.9 Å². The Labute approximate surface area is 173 Å². The summed E-state index contributed by atoms with van der Waals surface area (Å²) >= 11 is 1.25.